The van der Waals surface area contributed by atoms with E-state index in [0.717, 1.165) is 21.3 Å². The van der Waals surface area contributed by atoms with E-state index >= 15 is 0 Å². The lowest BCUT2D eigenvalue weighted by Crippen LogP contribution is -2.00. The van der Waals surface area contributed by atoms with Gasteiger partial charge in [-0.3, -0.25) is 0 Å². The van der Waals surface area contributed by atoms with Gasteiger partial charge >= 0.3 is 0 Å². The molecule has 0 bridgehead atoms. The Bertz CT molecular complexity index is 469. The second-order valence-corrected chi connectivity index (χ2v) is 4.98. The highest BCUT2D eigenvalue weighted by Crippen LogP contribution is 2.17. The Kier molecular flexibility index (Phi) is 3.96. The molecule has 0 unspecified atom stereocenters. The number of hydrogen-bond acceptors (Lipinski definition) is 2. The van der Waals surface area contributed by atoms with Gasteiger partial charge in [0, 0.05) is 11.0 Å². The van der Waals surface area contributed by atoms with Crippen molar-refractivity contribution in [3.05, 3.63) is 57.2 Å². The third kappa shape index (κ3) is 3.06. The highest BCUT2D eigenvalue weighted by molar-refractivity contribution is 9.10. The molecule has 2 aromatic rings. The maximum atomic E-state index is 4.16. The predicted molar refractivity (Wildman–Crippen MR) is 73.4 cm³/mol. The van der Waals surface area contributed by atoms with Gasteiger partial charge in [0.2, 0.25) is 0 Å². The summed E-state index contributed by atoms with van der Waals surface area (Å²) in [4.78, 5) is 4.16. The summed E-state index contributed by atoms with van der Waals surface area (Å²) in [7, 11) is 0. The standard InChI is InChI=1S/C12H10Br2N2/c13-11-4-2-1-3-9(11)7-15-10-5-6-12(14)16-8-10/h1-6,8,15H,7H2. The third-order valence-electron chi connectivity index (χ3n) is 2.17. The predicted octanol–water partition coefficient (Wildman–Crippen LogP) is 4.22. The fraction of sp³-hybridized carbons (Fsp3) is 0.0833. The lowest BCUT2D eigenvalue weighted by atomic mass is 10.2. The van der Waals surface area contributed by atoms with Crippen LogP contribution in [0.5, 0.6) is 0 Å². The maximum absolute atomic E-state index is 4.16. The van der Waals surface area contributed by atoms with Crippen LogP contribution in [-0.2, 0) is 6.54 Å². The topological polar surface area (TPSA) is 24.9 Å². The quantitative estimate of drug-likeness (QED) is 0.845. The van der Waals surface area contributed by atoms with Crippen LogP contribution >= 0.6 is 31.9 Å². The van der Waals surface area contributed by atoms with E-state index in [1.165, 1.54) is 5.56 Å². The Morgan fingerprint density at radius 3 is 2.56 bits per heavy atom. The summed E-state index contributed by atoms with van der Waals surface area (Å²) < 4.78 is 1.96. The van der Waals surface area contributed by atoms with Crippen molar-refractivity contribution >= 4 is 37.5 Å². The molecule has 2 nitrogen and oxygen atoms in total. The molecule has 1 N–H and O–H groups in total. The molecule has 0 atom stereocenters. The van der Waals surface area contributed by atoms with Crippen molar-refractivity contribution in [2.24, 2.45) is 0 Å². The van der Waals surface area contributed by atoms with Crippen molar-refractivity contribution in [1.82, 2.24) is 4.98 Å². The Labute approximate surface area is 111 Å². The molecular weight excluding hydrogens is 332 g/mol. The summed E-state index contributed by atoms with van der Waals surface area (Å²) in [5.41, 5.74) is 2.24. The van der Waals surface area contributed by atoms with Gasteiger partial charge in [-0.25, -0.2) is 4.98 Å². The minimum absolute atomic E-state index is 0.782. The smallest absolute Gasteiger partial charge is 0.106 e. The molecule has 0 saturated carbocycles. The molecule has 0 saturated heterocycles. The van der Waals surface area contributed by atoms with E-state index in [0.29, 0.717) is 0 Å². The van der Waals surface area contributed by atoms with Crippen LogP contribution in [0.4, 0.5) is 5.69 Å². The van der Waals surface area contributed by atoms with Gasteiger partial charge in [-0.05, 0) is 39.7 Å². The molecular formula is C12H10Br2N2. The summed E-state index contributed by atoms with van der Waals surface area (Å²) in [5.74, 6) is 0. The van der Waals surface area contributed by atoms with Crippen molar-refractivity contribution in [2.45, 2.75) is 6.54 Å². The zero-order valence-corrected chi connectivity index (χ0v) is 11.6. The zero-order valence-electron chi connectivity index (χ0n) is 8.45. The van der Waals surface area contributed by atoms with E-state index < -0.39 is 0 Å². The Balaban J connectivity index is 2.02. The Morgan fingerprint density at radius 1 is 1.06 bits per heavy atom. The van der Waals surface area contributed by atoms with Gasteiger partial charge in [-0.15, -0.1) is 0 Å². The monoisotopic (exact) mass is 340 g/mol. The van der Waals surface area contributed by atoms with Crippen LogP contribution in [0.3, 0.4) is 0 Å². The maximum Gasteiger partial charge on any atom is 0.106 e. The zero-order chi connectivity index (χ0) is 11.4. The molecule has 16 heavy (non-hydrogen) atoms. The number of benzene rings is 1. The first-order valence-corrected chi connectivity index (χ1v) is 6.43. The van der Waals surface area contributed by atoms with E-state index in [4.69, 9.17) is 0 Å². The number of aromatic nitrogens is 1. The van der Waals surface area contributed by atoms with Gasteiger partial charge in [0.15, 0.2) is 0 Å². The van der Waals surface area contributed by atoms with Crippen molar-refractivity contribution in [3.8, 4) is 0 Å². The second-order valence-electron chi connectivity index (χ2n) is 3.31. The van der Waals surface area contributed by atoms with Crippen LogP contribution in [0.1, 0.15) is 5.56 Å². The number of halogens is 2. The molecule has 0 amide bonds. The average molecular weight is 342 g/mol. The van der Waals surface area contributed by atoms with Crippen molar-refractivity contribution in [1.29, 1.82) is 0 Å². The van der Waals surface area contributed by atoms with Gasteiger partial charge in [-0.2, -0.15) is 0 Å². The molecule has 1 heterocycles. The minimum Gasteiger partial charge on any atom is -0.380 e. The van der Waals surface area contributed by atoms with Crippen LogP contribution in [-0.4, -0.2) is 4.98 Å². The number of nitrogens with zero attached hydrogens (tertiary/aromatic N) is 1. The molecule has 0 spiro atoms. The number of hydrogen-bond donors (Lipinski definition) is 1. The van der Waals surface area contributed by atoms with Gasteiger partial charge in [0.1, 0.15) is 4.60 Å². The molecule has 4 heteroatoms. The van der Waals surface area contributed by atoms with Crippen LogP contribution in [0.15, 0.2) is 51.7 Å². The van der Waals surface area contributed by atoms with Crippen molar-refractivity contribution in [3.63, 3.8) is 0 Å². The second kappa shape index (κ2) is 5.46. The first kappa shape index (κ1) is 11.6. The lowest BCUT2D eigenvalue weighted by Gasteiger charge is -2.07. The van der Waals surface area contributed by atoms with E-state index in [1.807, 2.05) is 30.3 Å². The fourth-order valence-corrected chi connectivity index (χ4v) is 1.98. The number of pyridine rings is 1. The van der Waals surface area contributed by atoms with E-state index in [1.54, 1.807) is 6.20 Å². The normalized spacial score (nSPS) is 10.1. The average Bonchev–Trinajstić information content (AvgIpc) is 2.30. The lowest BCUT2D eigenvalue weighted by molar-refractivity contribution is 1.12. The summed E-state index contributed by atoms with van der Waals surface area (Å²) in [6, 6.07) is 12.1. The molecule has 0 aliphatic rings. The Morgan fingerprint density at radius 2 is 1.88 bits per heavy atom. The van der Waals surface area contributed by atoms with Crippen molar-refractivity contribution in [2.75, 3.05) is 5.32 Å². The van der Waals surface area contributed by atoms with Crippen LogP contribution in [0, 0.1) is 0 Å². The summed E-state index contributed by atoms with van der Waals surface area (Å²) in [6.45, 7) is 0.782. The minimum atomic E-state index is 0.782. The van der Waals surface area contributed by atoms with Crippen LogP contribution in [0.2, 0.25) is 0 Å². The van der Waals surface area contributed by atoms with E-state index in [-0.39, 0.29) is 0 Å². The van der Waals surface area contributed by atoms with Crippen LogP contribution < -0.4 is 5.32 Å². The first-order valence-electron chi connectivity index (χ1n) is 4.84. The number of anilines is 1. The van der Waals surface area contributed by atoms with E-state index in [2.05, 4.69) is 48.2 Å². The molecule has 0 aliphatic carbocycles. The third-order valence-corrected chi connectivity index (χ3v) is 3.41. The summed E-state index contributed by atoms with van der Waals surface area (Å²) >= 11 is 6.82. The molecule has 0 fully saturated rings. The highest BCUT2D eigenvalue weighted by Gasteiger charge is 1.98. The SMILES string of the molecule is Brc1ccc(NCc2ccccc2Br)cn1. The fourth-order valence-electron chi connectivity index (χ4n) is 1.32. The van der Waals surface area contributed by atoms with Gasteiger partial charge in [-0.1, -0.05) is 34.1 Å². The van der Waals surface area contributed by atoms with Crippen LogP contribution in [0.25, 0.3) is 0 Å². The molecule has 1 aromatic carbocycles. The highest BCUT2D eigenvalue weighted by atomic mass is 79.9. The van der Waals surface area contributed by atoms with Crippen molar-refractivity contribution < 1.29 is 0 Å². The molecule has 2 rings (SSSR count). The molecule has 82 valence electrons. The van der Waals surface area contributed by atoms with Gasteiger partial charge in [0.25, 0.3) is 0 Å². The van der Waals surface area contributed by atoms with Gasteiger partial charge < -0.3 is 5.32 Å². The Hall–Kier alpha value is -0.870. The van der Waals surface area contributed by atoms with E-state index in [9.17, 15) is 0 Å². The summed E-state index contributed by atoms with van der Waals surface area (Å²) in [6.07, 6.45) is 1.81. The van der Waals surface area contributed by atoms with Gasteiger partial charge in [0.05, 0.1) is 11.9 Å². The first-order chi connectivity index (χ1) is 7.75. The molecule has 0 radical (unpaired) electrons. The number of nitrogens with one attached hydrogen (secondary N) is 1. The summed E-state index contributed by atoms with van der Waals surface area (Å²) in [5, 5.41) is 3.32. The largest absolute Gasteiger partial charge is 0.380 e. The molecule has 0 aliphatic heterocycles. The number of rotatable bonds is 3. The molecule has 1 aromatic heterocycles.